The van der Waals surface area contributed by atoms with Crippen molar-refractivity contribution >= 4 is 22.4 Å². The lowest BCUT2D eigenvalue weighted by Crippen LogP contribution is -2.46. The van der Waals surface area contributed by atoms with Crippen LogP contribution in [0.15, 0.2) is 5.38 Å². The molecule has 0 aliphatic carbocycles. The molecule has 2 rings (SSSR count). The summed E-state index contributed by atoms with van der Waals surface area (Å²) in [6.45, 7) is 9.34. The Bertz CT molecular complexity index is 397. The number of nitrogens with zero attached hydrogens (tertiary/aromatic N) is 3. The summed E-state index contributed by atoms with van der Waals surface area (Å²) in [5.41, 5.74) is 0.587. The molecule has 0 saturated carbocycles. The first-order valence-electron chi connectivity index (χ1n) is 6.46. The second kappa shape index (κ2) is 6.15. The Hall–Kier alpha value is -1.14. The molecule has 1 aromatic rings. The van der Waals surface area contributed by atoms with Gasteiger partial charge in [0.1, 0.15) is 5.69 Å². The molecular formula is C12H20N4OS. The Morgan fingerprint density at radius 1 is 1.44 bits per heavy atom. The van der Waals surface area contributed by atoms with Crippen LogP contribution in [0.4, 0.5) is 5.13 Å². The third-order valence-corrected chi connectivity index (χ3v) is 4.05. The van der Waals surface area contributed by atoms with Crippen molar-refractivity contribution in [3.63, 3.8) is 0 Å². The highest BCUT2D eigenvalue weighted by Gasteiger charge is 2.21. The molecule has 0 spiro atoms. The third kappa shape index (κ3) is 2.81. The summed E-state index contributed by atoms with van der Waals surface area (Å²) in [6.07, 6.45) is 0. The SMILES string of the molecule is CCN(CC)c1nc(C(=O)N2CCNCC2)cs1. The van der Waals surface area contributed by atoms with Crippen molar-refractivity contribution < 1.29 is 4.79 Å². The number of carbonyl (C=O) groups excluding carboxylic acids is 1. The molecule has 0 radical (unpaired) electrons. The van der Waals surface area contributed by atoms with Gasteiger partial charge in [-0.15, -0.1) is 11.3 Å². The predicted octanol–water partition coefficient (Wildman–Crippen LogP) is 1.03. The molecule has 2 heterocycles. The average molecular weight is 268 g/mol. The second-order valence-corrected chi connectivity index (χ2v) is 5.07. The van der Waals surface area contributed by atoms with Gasteiger partial charge in [-0.1, -0.05) is 0 Å². The molecule has 18 heavy (non-hydrogen) atoms. The van der Waals surface area contributed by atoms with Gasteiger partial charge in [-0.2, -0.15) is 0 Å². The first-order chi connectivity index (χ1) is 8.76. The summed E-state index contributed by atoms with van der Waals surface area (Å²) in [7, 11) is 0. The van der Waals surface area contributed by atoms with E-state index in [0.29, 0.717) is 5.69 Å². The Balaban J connectivity index is 2.06. The molecule has 100 valence electrons. The van der Waals surface area contributed by atoms with E-state index < -0.39 is 0 Å². The van der Waals surface area contributed by atoms with Crippen molar-refractivity contribution in [2.75, 3.05) is 44.2 Å². The van der Waals surface area contributed by atoms with Crippen LogP contribution in [-0.4, -0.2) is 55.1 Å². The minimum Gasteiger partial charge on any atom is -0.349 e. The maximum atomic E-state index is 12.2. The van der Waals surface area contributed by atoms with Crippen LogP contribution in [0.1, 0.15) is 24.3 Å². The zero-order chi connectivity index (χ0) is 13.0. The Kier molecular flexibility index (Phi) is 4.54. The van der Waals surface area contributed by atoms with Gasteiger partial charge in [0.05, 0.1) is 0 Å². The molecule has 5 nitrogen and oxygen atoms in total. The predicted molar refractivity (Wildman–Crippen MR) is 74.4 cm³/mol. The van der Waals surface area contributed by atoms with Crippen LogP contribution in [0.2, 0.25) is 0 Å². The van der Waals surface area contributed by atoms with Crippen LogP contribution in [0, 0.1) is 0 Å². The van der Waals surface area contributed by atoms with Crippen molar-refractivity contribution in [1.29, 1.82) is 0 Å². The van der Waals surface area contributed by atoms with Crippen LogP contribution in [0.25, 0.3) is 0 Å². The Labute approximate surface area is 112 Å². The molecular weight excluding hydrogens is 248 g/mol. The number of aromatic nitrogens is 1. The lowest BCUT2D eigenvalue weighted by Gasteiger charge is -2.26. The summed E-state index contributed by atoms with van der Waals surface area (Å²) in [4.78, 5) is 20.7. The zero-order valence-corrected chi connectivity index (χ0v) is 11.8. The zero-order valence-electron chi connectivity index (χ0n) is 11.0. The summed E-state index contributed by atoms with van der Waals surface area (Å²) in [6, 6.07) is 0. The summed E-state index contributed by atoms with van der Waals surface area (Å²) in [5, 5.41) is 6.06. The Morgan fingerprint density at radius 2 is 2.11 bits per heavy atom. The number of carbonyl (C=O) groups is 1. The fraction of sp³-hybridized carbons (Fsp3) is 0.667. The molecule has 0 unspecified atom stereocenters. The van der Waals surface area contributed by atoms with E-state index in [1.165, 1.54) is 0 Å². The quantitative estimate of drug-likeness (QED) is 0.886. The number of rotatable bonds is 4. The van der Waals surface area contributed by atoms with Crippen LogP contribution in [0.3, 0.4) is 0 Å². The number of hydrogen-bond donors (Lipinski definition) is 1. The second-order valence-electron chi connectivity index (χ2n) is 4.23. The molecule has 0 bridgehead atoms. The van der Waals surface area contributed by atoms with Gasteiger partial charge < -0.3 is 15.1 Å². The van der Waals surface area contributed by atoms with E-state index in [2.05, 4.69) is 29.0 Å². The fourth-order valence-corrected chi connectivity index (χ4v) is 2.96. The lowest BCUT2D eigenvalue weighted by atomic mass is 10.3. The van der Waals surface area contributed by atoms with E-state index in [1.807, 2.05) is 10.3 Å². The minimum atomic E-state index is 0.0613. The summed E-state index contributed by atoms with van der Waals surface area (Å²) < 4.78 is 0. The number of thiazole rings is 1. The fourth-order valence-electron chi connectivity index (χ4n) is 2.03. The molecule has 0 aromatic carbocycles. The standard InChI is InChI=1S/C12H20N4OS/c1-3-15(4-2)12-14-10(9-18-12)11(17)16-7-5-13-6-8-16/h9,13H,3-8H2,1-2H3. The normalized spacial score (nSPS) is 15.8. The molecule has 0 atom stereocenters. The number of hydrogen-bond acceptors (Lipinski definition) is 5. The van der Waals surface area contributed by atoms with Crippen LogP contribution in [-0.2, 0) is 0 Å². The maximum Gasteiger partial charge on any atom is 0.273 e. The molecule has 1 aromatic heterocycles. The average Bonchev–Trinajstić information content (AvgIpc) is 2.90. The largest absolute Gasteiger partial charge is 0.349 e. The van der Waals surface area contributed by atoms with Gasteiger partial charge in [0.15, 0.2) is 5.13 Å². The molecule has 1 fully saturated rings. The Morgan fingerprint density at radius 3 is 2.72 bits per heavy atom. The van der Waals surface area contributed by atoms with Crippen molar-refractivity contribution in [2.24, 2.45) is 0 Å². The highest BCUT2D eigenvalue weighted by atomic mass is 32.1. The number of piperazine rings is 1. The van der Waals surface area contributed by atoms with Gasteiger partial charge in [0.25, 0.3) is 5.91 Å². The lowest BCUT2D eigenvalue weighted by molar-refractivity contribution is 0.0731. The molecule has 1 aliphatic rings. The maximum absolute atomic E-state index is 12.2. The van der Waals surface area contributed by atoms with Gasteiger partial charge in [-0.25, -0.2) is 4.98 Å². The molecule has 6 heteroatoms. The van der Waals surface area contributed by atoms with E-state index in [9.17, 15) is 4.79 Å². The van der Waals surface area contributed by atoms with Crippen LogP contribution in [0.5, 0.6) is 0 Å². The first-order valence-corrected chi connectivity index (χ1v) is 7.34. The van der Waals surface area contributed by atoms with E-state index >= 15 is 0 Å². The number of amides is 1. The van der Waals surface area contributed by atoms with E-state index in [0.717, 1.165) is 44.4 Å². The van der Waals surface area contributed by atoms with Gasteiger partial charge in [0, 0.05) is 44.6 Å². The first kappa shape index (κ1) is 13.3. The van der Waals surface area contributed by atoms with Crippen LogP contribution < -0.4 is 10.2 Å². The third-order valence-electron chi connectivity index (χ3n) is 3.15. The minimum absolute atomic E-state index is 0.0613. The summed E-state index contributed by atoms with van der Waals surface area (Å²) in [5.74, 6) is 0.0613. The molecule has 1 saturated heterocycles. The highest BCUT2D eigenvalue weighted by Crippen LogP contribution is 2.21. The van der Waals surface area contributed by atoms with Crippen molar-refractivity contribution in [2.45, 2.75) is 13.8 Å². The monoisotopic (exact) mass is 268 g/mol. The van der Waals surface area contributed by atoms with Crippen LogP contribution >= 0.6 is 11.3 Å². The van der Waals surface area contributed by atoms with Gasteiger partial charge in [-0.05, 0) is 13.8 Å². The number of anilines is 1. The van der Waals surface area contributed by atoms with Gasteiger partial charge in [-0.3, -0.25) is 4.79 Å². The number of nitrogens with one attached hydrogen (secondary N) is 1. The summed E-state index contributed by atoms with van der Waals surface area (Å²) >= 11 is 1.55. The van der Waals surface area contributed by atoms with E-state index in [1.54, 1.807) is 11.3 Å². The van der Waals surface area contributed by atoms with Crippen molar-refractivity contribution in [1.82, 2.24) is 15.2 Å². The van der Waals surface area contributed by atoms with Gasteiger partial charge >= 0.3 is 0 Å². The smallest absolute Gasteiger partial charge is 0.273 e. The topological polar surface area (TPSA) is 48.5 Å². The van der Waals surface area contributed by atoms with Crippen molar-refractivity contribution in [3.8, 4) is 0 Å². The molecule has 1 aliphatic heterocycles. The van der Waals surface area contributed by atoms with E-state index in [4.69, 9.17) is 0 Å². The molecule has 1 amide bonds. The van der Waals surface area contributed by atoms with Crippen molar-refractivity contribution in [3.05, 3.63) is 11.1 Å². The molecule has 1 N–H and O–H groups in total. The van der Waals surface area contributed by atoms with E-state index in [-0.39, 0.29) is 5.91 Å². The van der Waals surface area contributed by atoms with Gasteiger partial charge in [0.2, 0.25) is 0 Å². The highest BCUT2D eigenvalue weighted by molar-refractivity contribution is 7.13.